The van der Waals surface area contributed by atoms with Gasteiger partial charge in [-0.3, -0.25) is 14.2 Å². The van der Waals surface area contributed by atoms with Gasteiger partial charge in [0.15, 0.2) is 0 Å². The van der Waals surface area contributed by atoms with Crippen molar-refractivity contribution in [2.75, 3.05) is 5.32 Å². The summed E-state index contributed by atoms with van der Waals surface area (Å²) in [6.45, 7) is 4.33. The number of nitrogens with one attached hydrogen (secondary N) is 1. The van der Waals surface area contributed by atoms with Crippen LogP contribution in [0.15, 0.2) is 47.3 Å². The monoisotopic (exact) mass is 326 g/mol. The van der Waals surface area contributed by atoms with Crippen LogP contribution >= 0.6 is 11.3 Å². The zero-order valence-corrected chi connectivity index (χ0v) is 13.9. The first kappa shape index (κ1) is 15.5. The van der Waals surface area contributed by atoms with E-state index in [2.05, 4.69) is 5.32 Å². The molecule has 118 valence electrons. The second kappa shape index (κ2) is 6.38. The van der Waals surface area contributed by atoms with Crippen molar-refractivity contribution in [3.05, 3.63) is 63.3 Å². The molecule has 0 unspecified atom stereocenters. The number of amides is 1. The Kier molecular flexibility index (Phi) is 4.30. The smallest absolute Gasteiger partial charge is 0.308 e. The molecule has 0 bridgehead atoms. The van der Waals surface area contributed by atoms with Crippen LogP contribution in [-0.4, -0.2) is 10.5 Å². The summed E-state index contributed by atoms with van der Waals surface area (Å²) in [6.07, 6.45) is 0.272. The van der Waals surface area contributed by atoms with Crippen molar-refractivity contribution >= 4 is 33.1 Å². The maximum absolute atomic E-state index is 12.2. The quantitative estimate of drug-likeness (QED) is 0.794. The van der Waals surface area contributed by atoms with Gasteiger partial charge in [0.25, 0.3) is 0 Å². The van der Waals surface area contributed by atoms with Gasteiger partial charge in [0.05, 0.1) is 10.2 Å². The number of anilines is 1. The third-order valence-electron chi connectivity index (χ3n) is 3.88. The Morgan fingerprint density at radius 3 is 2.52 bits per heavy atom. The molecular weight excluding hydrogens is 308 g/mol. The zero-order chi connectivity index (χ0) is 16.4. The van der Waals surface area contributed by atoms with Crippen molar-refractivity contribution in [3.63, 3.8) is 0 Å². The lowest BCUT2D eigenvalue weighted by Crippen LogP contribution is -2.19. The van der Waals surface area contributed by atoms with Crippen LogP contribution in [0.2, 0.25) is 0 Å². The van der Waals surface area contributed by atoms with E-state index in [0.29, 0.717) is 6.54 Å². The molecule has 1 amide bonds. The van der Waals surface area contributed by atoms with Gasteiger partial charge < -0.3 is 5.32 Å². The highest BCUT2D eigenvalue weighted by atomic mass is 32.1. The molecule has 3 aromatic rings. The van der Waals surface area contributed by atoms with E-state index in [-0.39, 0.29) is 17.2 Å². The molecule has 0 atom stereocenters. The zero-order valence-electron chi connectivity index (χ0n) is 13.1. The van der Waals surface area contributed by atoms with E-state index < -0.39 is 0 Å². The van der Waals surface area contributed by atoms with E-state index >= 15 is 0 Å². The fourth-order valence-electron chi connectivity index (χ4n) is 2.65. The summed E-state index contributed by atoms with van der Waals surface area (Å²) in [6, 6.07) is 13.6. The molecule has 1 aromatic heterocycles. The lowest BCUT2D eigenvalue weighted by atomic mass is 10.1. The number of hydrogen-bond acceptors (Lipinski definition) is 3. The molecule has 0 saturated carbocycles. The number of benzene rings is 2. The number of rotatable bonds is 4. The number of carbonyl (C=O) groups is 1. The highest BCUT2D eigenvalue weighted by Crippen LogP contribution is 2.20. The Labute approximate surface area is 138 Å². The molecule has 5 heteroatoms. The number of fused-ring (bicyclic) bond motifs is 1. The van der Waals surface area contributed by atoms with Crippen LogP contribution in [0, 0.1) is 13.8 Å². The van der Waals surface area contributed by atoms with Crippen LogP contribution in [0.1, 0.15) is 17.5 Å². The summed E-state index contributed by atoms with van der Waals surface area (Å²) in [5, 5.41) is 2.96. The number of nitrogens with zero attached hydrogens (tertiary/aromatic N) is 1. The van der Waals surface area contributed by atoms with Crippen molar-refractivity contribution in [2.24, 2.45) is 0 Å². The molecule has 0 aliphatic heterocycles. The average molecular weight is 326 g/mol. The third-order valence-corrected chi connectivity index (χ3v) is 4.84. The molecule has 1 N–H and O–H groups in total. The Morgan fingerprint density at radius 1 is 1.09 bits per heavy atom. The maximum Gasteiger partial charge on any atom is 0.308 e. The van der Waals surface area contributed by atoms with Gasteiger partial charge in [0.1, 0.15) is 0 Å². The van der Waals surface area contributed by atoms with Crippen molar-refractivity contribution < 1.29 is 4.79 Å². The Balaban J connectivity index is 1.74. The second-order valence-corrected chi connectivity index (χ2v) is 6.55. The summed E-state index contributed by atoms with van der Waals surface area (Å²) in [5.41, 5.74) is 3.83. The van der Waals surface area contributed by atoms with E-state index in [1.54, 1.807) is 4.57 Å². The Morgan fingerprint density at radius 2 is 1.78 bits per heavy atom. The summed E-state index contributed by atoms with van der Waals surface area (Å²) in [5.74, 6) is -0.0791. The first-order chi connectivity index (χ1) is 11.1. The summed E-state index contributed by atoms with van der Waals surface area (Å²) < 4.78 is 2.62. The second-order valence-electron chi connectivity index (χ2n) is 5.55. The van der Waals surface area contributed by atoms with Crippen LogP contribution in [0.3, 0.4) is 0 Å². The Bertz CT molecular complexity index is 904. The maximum atomic E-state index is 12.2. The third kappa shape index (κ3) is 3.19. The molecule has 0 aliphatic rings. The van der Waals surface area contributed by atoms with Gasteiger partial charge in [0, 0.05) is 18.7 Å². The number of aromatic nitrogens is 1. The number of carbonyl (C=O) groups excluding carboxylic acids is 1. The minimum Gasteiger partial charge on any atom is -0.326 e. The molecule has 1 heterocycles. The molecule has 0 radical (unpaired) electrons. The molecule has 0 aliphatic carbocycles. The molecule has 3 rings (SSSR count). The molecule has 23 heavy (non-hydrogen) atoms. The lowest BCUT2D eigenvalue weighted by Gasteiger charge is -2.11. The average Bonchev–Trinajstić information content (AvgIpc) is 2.84. The van der Waals surface area contributed by atoms with Gasteiger partial charge in [-0.2, -0.15) is 0 Å². The highest BCUT2D eigenvalue weighted by molar-refractivity contribution is 7.16. The lowest BCUT2D eigenvalue weighted by molar-refractivity contribution is -0.116. The van der Waals surface area contributed by atoms with E-state index in [0.717, 1.165) is 27.0 Å². The van der Waals surface area contributed by atoms with Crippen LogP contribution in [0.4, 0.5) is 5.69 Å². The summed E-state index contributed by atoms with van der Waals surface area (Å²) in [4.78, 5) is 24.3. The number of thiazole rings is 1. The van der Waals surface area contributed by atoms with Gasteiger partial charge in [-0.1, -0.05) is 41.7 Å². The van der Waals surface area contributed by atoms with Crippen LogP contribution < -0.4 is 10.2 Å². The molecule has 0 fully saturated rings. The largest absolute Gasteiger partial charge is 0.326 e. The van der Waals surface area contributed by atoms with E-state index in [9.17, 15) is 9.59 Å². The fraction of sp³-hybridized carbons (Fsp3) is 0.222. The molecular formula is C18H18N2O2S. The first-order valence-electron chi connectivity index (χ1n) is 7.50. The van der Waals surface area contributed by atoms with Crippen molar-refractivity contribution in [2.45, 2.75) is 26.8 Å². The molecule has 4 nitrogen and oxygen atoms in total. The van der Waals surface area contributed by atoms with Gasteiger partial charge in [-0.25, -0.2) is 0 Å². The number of para-hydroxylation sites is 2. The molecule has 2 aromatic carbocycles. The molecule has 0 saturated heterocycles. The van der Waals surface area contributed by atoms with Crippen LogP contribution in [0.25, 0.3) is 10.2 Å². The first-order valence-corrected chi connectivity index (χ1v) is 8.32. The topological polar surface area (TPSA) is 51.1 Å². The van der Waals surface area contributed by atoms with Crippen LogP contribution in [-0.2, 0) is 11.3 Å². The minimum atomic E-state index is -0.0791. The van der Waals surface area contributed by atoms with Crippen molar-refractivity contribution in [1.82, 2.24) is 4.57 Å². The number of hydrogen-bond donors (Lipinski definition) is 1. The standard InChI is InChI=1S/C18H18N2O2S/c1-12-6-5-7-13(2)17(12)19-16(21)10-11-20-14-8-3-4-9-15(14)23-18(20)22/h3-9H,10-11H2,1-2H3,(H,19,21). The molecule has 0 spiro atoms. The van der Waals surface area contributed by atoms with E-state index in [1.807, 2.05) is 56.3 Å². The minimum absolute atomic E-state index is 0.0222. The van der Waals surface area contributed by atoms with Gasteiger partial charge in [0.2, 0.25) is 5.91 Å². The van der Waals surface area contributed by atoms with Crippen LogP contribution in [0.5, 0.6) is 0 Å². The predicted octanol–water partition coefficient (Wildman–Crippen LogP) is 3.71. The highest BCUT2D eigenvalue weighted by Gasteiger charge is 2.10. The Hall–Kier alpha value is -2.40. The van der Waals surface area contributed by atoms with E-state index in [4.69, 9.17) is 0 Å². The predicted molar refractivity (Wildman–Crippen MR) is 95.2 cm³/mol. The van der Waals surface area contributed by atoms with E-state index in [1.165, 1.54) is 11.3 Å². The van der Waals surface area contributed by atoms with Crippen molar-refractivity contribution in [1.29, 1.82) is 0 Å². The van der Waals surface area contributed by atoms with Crippen molar-refractivity contribution in [3.8, 4) is 0 Å². The van der Waals surface area contributed by atoms with Gasteiger partial charge >= 0.3 is 4.87 Å². The summed E-state index contributed by atoms with van der Waals surface area (Å²) >= 11 is 1.21. The normalized spacial score (nSPS) is 10.9. The summed E-state index contributed by atoms with van der Waals surface area (Å²) in [7, 11) is 0. The fourth-order valence-corrected chi connectivity index (χ4v) is 3.57. The van der Waals surface area contributed by atoms with Gasteiger partial charge in [-0.05, 0) is 37.1 Å². The number of aryl methyl sites for hydroxylation is 3. The SMILES string of the molecule is Cc1cccc(C)c1NC(=O)CCn1c(=O)sc2ccccc21. The van der Waals surface area contributed by atoms with Gasteiger partial charge in [-0.15, -0.1) is 0 Å².